The van der Waals surface area contributed by atoms with Crippen molar-refractivity contribution >= 4 is 0 Å². The van der Waals surface area contributed by atoms with Crippen LogP contribution >= 0.6 is 0 Å². The minimum atomic E-state index is 0.685. The molecule has 0 saturated carbocycles. The van der Waals surface area contributed by atoms with Gasteiger partial charge < -0.3 is 10.6 Å². The van der Waals surface area contributed by atoms with Crippen LogP contribution in [0.15, 0.2) is 0 Å². The molecule has 1 unspecified atom stereocenters. The van der Waals surface area contributed by atoms with Crippen LogP contribution < -0.4 is 10.6 Å². The smallest absolute Gasteiger partial charge is 0.00792 e. The van der Waals surface area contributed by atoms with E-state index in [1.807, 2.05) is 0 Å². The van der Waals surface area contributed by atoms with Crippen molar-refractivity contribution in [1.29, 1.82) is 0 Å². The summed E-state index contributed by atoms with van der Waals surface area (Å²) in [4.78, 5) is 0. The van der Waals surface area contributed by atoms with Gasteiger partial charge in [0.15, 0.2) is 0 Å². The van der Waals surface area contributed by atoms with E-state index in [-0.39, 0.29) is 0 Å². The van der Waals surface area contributed by atoms with Crippen LogP contribution in [0, 0.1) is 0 Å². The van der Waals surface area contributed by atoms with Crippen molar-refractivity contribution in [2.24, 2.45) is 0 Å². The summed E-state index contributed by atoms with van der Waals surface area (Å²) in [6, 6.07) is 0.685. The minimum Gasteiger partial charge on any atom is -0.316 e. The monoisotopic (exact) mass is 186 g/mol. The first-order valence-corrected chi connectivity index (χ1v) is 5.75. The fourth-order valence-corrected chi connectivity index (χ4v) is 1.39. The molecular formula is C11H26N2. The molecular weight excluding hydrogens is 160 g/mol. The Labute approximate surface area is 83.5 Å². The van der Waals surface area contributed by atoms with Gasteiger partial charge in [-0.15, -0.1) is 0 Å². The molecule has 0 rings (SSSR count). The average molecular weight is 186 g/mol. The van der Waals surface area contributed by atoms with Crippen molar-refractivity contribution in [1.82, 2.24) is 10.6 Å². The molecule has 0 aliphatic heterocycles. The first kappa shape index (κ1) is 12.9. The predicted molar refractivity (Wildman–Crippen MR) is 60.2 cm³/mol. The van der Waals surface area contributed by atoms with E-state index in [2.05, 4.69) is 31.4 Å². The molecule has 2 heteroatoms. The maximum absolute atomic E-state index is 3.51. The summed E-state index contributed by atoms with van der Waals surface area (Å²) in [6.45, 7) is 9.94. The molecule has 0 bridgehead atoms. The number of unbranched alkanes of at least 4 members (excludes halogenated alkanes) is 2. The quantitative estimate of drug-likeness (QED) is 0.539. The van der Waals surface area contributed by atoms with Crippen LogP contribution in [0.1, 0.15) is 46.5 Å². The molecule has 0 aliphatic carbocycles. The van der Waals surface area contributed by atoms with Crippen molar-refractivity contribution in [3.8, 4) is 0 Å². The second kappa shape index (κ2) is 10.0. The SMILES string of the molecule is CCCCCC(C)NCCNCC. The highest BCUT2D eigenvalue weighted by Crippen LogP contribution is 2.01. The molecule has 1 atom stereocenters. The molecule has 0 heterocycles. The van der Waals surface area contributed by atoms with Gasteiger partial charge in [0, 0.05) is 19.1 Å². The number of nitrogens with one attached hydrogen (secondary N) is 2. The topological polar surface area (TPSA) is 24.1 Å². The first-order valence-electron chi connectivity index (χ1n) is 5.75. The molecule has 0 spiro atoms. The van der Waals surface area contributed by atoms with Crippen LogP contribution in [0.4, 0.5) is 0 Å². The molecule has 0 aromatic heterocycles. The van der Waals surface area contributed by atoms with Crippen molar-refractivity contribution in [2.45, 2.75) is 52.5 Å². The predicted octanol–water partition coefficient (Wildman–Crippen LogP) is 2.15. The van der Waals surface area contributed by atoms with E-state index in [0.717, 1.165) is 19.6 Å². The van der Waals surface area contributed by atoms with Gasteiger partial charge >= 0.3 is 0 Å². The third-order valence-electron chi connectivity index (χ3n) is 2.29. The molecule has 0 saturated heterocycles. The fraction of sp³-hybridized carbons (Fsp3) is 1.00. The van der Waals surface area contributed by atoms with Gasteiger partial charge in [0.25, 0.3) is 0 Å². The molecule has 2 nitrogen and oxygen atoms in total. The van der Waals surface area contributed by atoms with Crippen molar-refractivity contribution < 1.29 is 0 Å². The van der Waals surface area contributed by atoms with Crippen LogP contribution in [0.25, 0.3) is 0 Å². The van der Waals surface area contributed by atoms with Gasteiger partial charge in [-0.2, -0.15) is 0 Å². The summed E-state index contributed by atoms with van der Waals surface area (Å²) in [7, 11) is 0. The lowest BCUT2D eigenvalue weighted by Gasteiger charge is -2.13. The molecule has 0 amide bonds. The van der Waals surface area contributed by atoms with E-state index in [1.54, 1.807) is 0 Å². The molecule has 0 aromatic carbocycles. The zero-order valence-corrected chi connectivity index (χ0v) is 9.53. The molecule has 80 valence electrons. The Hall–Kier alpha value is -0.0800. The normalized spacial score (nSPS) is 13.2. The molecule has 0 aromatic rings. The van der Waals surface area contributed by atoms with Gasteiger partial charge in [0.05, 0.1) is 0 Å². The number of rotatable bonds is 9. The highest BCUT2D eigenvalue weighted by atomic mass is 15.0. The zero-order valence-electron chi connectivity index (χ0n) is 9.53. The Morgan fingerprint density at radius 3 is 2.46 bits per heavy atom. The first-order chi connectivity index (χ1) is 6.31. The maximum Gasteiger partial charge on any atom is 0.00792 e. The number of hydrogen-bond acceptors (Lipinski definition) is 2. The van der Waals surface area contributed by atoms with Gasteiger partial charge in [-0.25, -0.2) is 0 Å². The van der Waals surface area contributed by atoms with Crippen molar-refractivity contribution in [3.05, 3.63) is 0 Å². The Kier molecular flexibility index (Phi) is 9.94. The average Bonchev–Trinajstić information content (AvgIpc) is 2.13. The molecule has 13 heavy (non-hydrogen) atoms. The van der Waals surface area contributed by atoms with Crippen LogP contribution in [0.2, 0.25) is 0 Å². The van der Waals surface area contributed by atoms with Gasteiger partial charge in [-0.1, -0.05) is 33.1 Å². The van der Waals surface area contributed by atoms with Crippen molar-refractivity contribution in [2.75, 3.05) is 19.6 Å². The van der Waals surface area contributed by atoms with Crippen LogP contribution in [-0.2, 0) is 0 Å². The van der Waals surface area contributed by atoms with E-state index >= 15 is 0 Å². The Morgan fingerprint density at radius 2 is 1.85 bits per heavy atom. The van der Waals surface area contributed by atoms with Gasteiger partial charge in [0.1, 0.15) is 0 Å². The molecule has 0 fully saturated rings. The lowest BCUT2D eigenvalue weighted by atomic mass is 10.1. The minimum absolute atomic E-state index is 0.685. The Bertz CT molecular complexity index is 94.1. The summed E-state index contributed by atoms with van der Waals surface area (Å²) < 4.78 is 0. The number of likely N-dealkylation sites (N-methyl/N-ethyl adjacent to an activating group) is 1. The molecule has 2 N–H and O–H groups in total. The maximum atomic E-state index is 3.51. The lowest BCUT2D eigenvalue weighted by molar-refractivity contribution is 0.482. The zero-order chi connectivity index (χ0) is 9.94. The summed E-state index contributed by atoms with van der Waals surface area (Å²) in [5.74, 6) is 0. The second-order valence-corrected chi connectivity index (χ2v) is 3.70. The molecule has 0 aliphatic rings. The molecule has 0 radical (unpaired) electrons. The van der Waals surface area contributed by atoms with Crippen LogP contribution in [-0.4, -0.2) is 25.7 Å². The number of hydrogen-bond donors (Lipinski definition) is 2. The lowest BCUT2D eigenvalue weighted by Crippen LogP contribution is -2.33. The fourth-order valence-electron chi connectivity index (χ4n) is 1.39. The Morgan fingerprint density at radius 1 is 1.08 bits per heavy atom. The van der Waals surface area contributed by atoms with Crippen LogP contribution in [0.5, 0.6) is 0 Å². The Balaban J connectivity index is 3.05. The summed E-state index contributed by atoms with van der Waals surface area (Å²) in [6.07, 6.45) is 5.38. The van der Waals surface area contributed by atoms with Gasteiger partial charge in [-0.05, 0) is 19.9 Å². The van der Waals surface area contributed by atoms with Crippen molar-refractivity contribution in [3.63, 3.8) is 0 Å². The summed E-state index contributed by atoms with van der Waals surface area (Å²) in [5.41, 5.74) is 0. The van der Waals surface area contributed by atoms with Gasteiger partial charge in [0.2, 0.25) is 0 Å². The third-order valence-corrected chi connectivity index (χ3v) is 2.29. The third kappa shape index (κ3) is 9.84. The van der Waals surface area contributed by atoms with E-state index < -0.39 is 0 Å². The van der Waals surface area contributed by atoms with E-state index in [4.69, 9.17) is 0 Å². The highest BCUT2D eigenvalue weighted by molar-refractivity contribution is 4.61. The summed E-state index contributed by atoms with van der Waals surface area (Å²) in [5, 5.41) is 6.82. The summed E-state index contributed by atoms with van der Waals surface area (Å²) >= 11 is 0. The van der Waals surface area contributed by atoms with E-state index in [9.17, 15) is 0 Å². The largest absolute Gasteiger partial charge is 0.316 e. The van der Waals surface area contributed by atoms with E-state index in [0.29, 0.717) is 6.04 Å². The standard InChI is InChI=1S/C11H26N2/c1-4-6-7-8-11(3)13-10-9-12-5-2/h11-13H,4-10H2,1-3H3. The van der Waals surface area contributed by atoms with Crippen LogP contribution in [0.3, 0.4) is 0 Å². The van der Waals surface area contributed by atoms with E-state index in [1.165, 1.54) is 25.7 Å². The second-order valence-electron chi connectivity index (χ2n) is 3.70. The highest BCUT2D eigenvalue weighted by Gasteiger charge is 1.98. The van der Waals surface area contributed by atoms with Gasteiger partial charge in [-0.3, -0.25) is 0 Å².